The Morgan fingerprint density at radius 3 is 1.17 bits per heavy atom. The van der Waals surface area contributed by atoms with Crippen LogP contribution in [0.1, 0.15) is 2.85 Å². The normalized spacial score (nSPS) is 4.50. The van der Waals surface area contributed by atoms with Gasteiger partial charge in [-0.25, -0.2) is 0 Å². The van der Waals surface area contributed by atoms with E-state index in [-0.39, 0.29) is 65.0 Å². The Hall–Kier alpha value is 2.02. The van der Waals surface area contributed by atoms with Gasteiger partial charge in [0.15, 0.2) is 0 Å². The van der Waals surface area contributed by atoms with Gasteiger partial charge in [0.05, 0.1) is 0 Å². The molecule has 3 N–H and O–H groups in total. The zero-order chi connectivity index (χ0) is 3.58. The van der Waals surface area contributed by atoms with E-state index in [4.69, 9.17) is 15.1 Å². The molecule has 0 aliphatic rings. The van der Waals surface area contributed by atoms with Crippen molar-refractivity contribution in [2.75, 3.05) is 0 Å². The molecule has 6 heavy (non-hydrogen) atoms. The predicted octanol–water partition coefficient (Wildman–Crippen LogP) is -3.39. The van der Waals surface area contributed by atoms with Crippen LogP contribution in [0.3, 0.4) is 0 Å². The summed E-state index contributed by atoms with van der Waals surface area (Å²) in [5.74, 6) is 0. The molecule has 0 aliphatic carbocycles. The van der Waals surface area contributed by atoms with Gasteiger partial charge in [0.1, 0.15) is 0 Å². The molecule has 0 saturated carbocycles. The minimum absolute atomic E-state index is 0. The summed E-state index contributed by atoms with van der Waals surface area (Å²) < 4.78 is 0. The second kappa shape index (κ2) is 10.1. The summed E-state index contributed by atoms with van der Waals surface area (Å²) in [7, 11) is -2.17. The van der Waals surface area contributed by atoms with Crippen LogP contribution in [0, 0.1) is 0 Å². The van der Waals surface area contributed by atoms with Crippen molar-refractivity contribution in [3.8, 4) is 0 Å². The molecule has 36 valence electrons. The number of hydrogen-bond donors (Lipinski definition) is 3. The van der Waals surface area contributed by atoms with Gasteiger partial charge in [-0.2, -0.15) is 0 Å². The van der Waals surface area contributed by atoms with Crippen LogP contribution >= 0.6 is 0 Å². The summed E-state index contributed by atoms with van der Waals surface area (Å²) in [6.07, 6.45) is 0. The van der Waals surface area contributed by atoms with Gasteiger partial charge in [0.2, 0.25) is 0 Å². The van der Waals surface area contributed by atoms with Crippen molar-refractivity contribution < 1.29 is 17.9 Å². The maximum atomic E-state index is 7.17. The Balaban J connectivity index is -0.00000000750. The van der Waals surface area contributed by atoms with E-state index in [0.29, 0.717) is 0 Å². The molecule has 0 bridgehead atoms. The average Bonchev–Trinajstić information content (AvgIpc) is 0.811. The quantitative estimate of drug-likeness (QED) is 0.379. The summed E-state index contributed by atoms with van der Waals surface area (Å²) in [6, 6.07) is 0. The van der Waals surface area contributed by atoms with Gasteiger partial charge in [0, 0.05) is 0 Å². The van der Waals surface area contributed by atoms with Crippen LogP contribution in [-0.4, -0.2) is 84.6 Å². The van der Waals surface area contributed by atoms with Gasteiger partial charge in [-0.3, -0.25) is 0 Å². The van der Waals surface area contributed by atoms with Crippen LogP contribution in [0.4, 0.5) is 0 Å². The van der Waals surface area contributed by atoms with E-state index < -0.39 is 7.32 Å². The Bertz CT molecular complexity index is 22.0. The summed E-state index contributed by atoms with van der Waals surface area (Å²) in [5.41, 5.74) is 0. The fourth-order valence-corrected chi connectivity index (χ4v) is 0. The van der Waals surface area contributed by atoms with Gasteiger partial charge in [-0.15, -0.1) is 0 Å². The SMILES string of the molecule is OB(O)O.[Ca+2].[H-].[H-].[SbH3]. The molecule has 6 heteroatoms. The fourth-order valence-electron chi connectivity index (χ4n) is 0. The molecule has 0 aliphatic heterocycles. The van der Waals surface area contributed by atoms with E-state index in [1.165, 1.54) is 0 Å². The molecule has 0 atom stereocenters. The molecule has 0 saturated heterocycles. The second-order valence-corrected chi connectivity index (χ2v) is 0.346. The van der Waals surface area contributed by atoms with Crippen LogP contribution in [0.5, 0.6) is 0 Å². The first-order chi connectivity index (χ1) is 1.73. The molecule has 0 heterocycles. The third-order valence-corrected chi connectivity index (χ3v) is 0. The molecule has 0 unspecified atom stereocenters. The van der Waals surface area contributed by atoms with Crippen molar-refractivity contribution in [1.82, 2.24) is 0 Å². The third kappa shape index (κ3) is 37.1. The van der Waals surface area contributed by atoms with E-state index in [9.17, 15) is 0 Å². The van der Waals surface area contributed by atoms with Crippen LogP contribution in [-0.2, 0) is 0 Å². The Morgan fingerprint density at radius 1 is 1.17 bits per heavy atom. The zero-order valence-electron chi connectivity index (χ0n) is 5.33. The predicted molar refractivity (Wildman–Crippen MR) is 30.3 cm³/mol. The van der Waals surface area contributed by atoms with Gasteiger partial charge < -0.3 is 17.9 Å². The molecule has 0 aromatic rings. The Kier molecular flexibility index (Phi) is 26.4. The first kappa shape index (κ1) is 15.7. The van der Waals surface area contributed by atoms with Crippen molar-refractivity contribution >= 4 is 69.5 Å². The molecule has 0 amide bonds. The van der Waals surface area contributed by atoms with Crippen LogP contribution in [0.25, 0.3) is 0 Å². The van der Waals surface area contributed by atoms with Crippen LogP contribution in [0.2, 0.25) is 0 Å². The van der Waals surface area contributed by atoms with Crippen molar-refractivity contribution in [1.29, 1.82) is 0 Å². The third-order valence-electron chi connectivity index (χ3n) is 0. The van der Waals surface area contributed by atoms with E-state index in [1.54, 1.807) is 0 Å². The van der Waals surface area contributed by atoms with E-state index >= 15 is 0 Å². The fraction of sp³-hybridized carbons (Fsp3) is 0. The van der Waals surface area contributed by atoms with Gasteiger partial charge in [-0.05, 0) is 0 Å². The van der Waals surface area contributed by atoms with E-state index in [2.05, 4.69) is 0 Å². The number of hydrogen-bond acceptors (Lipinski definition) is 3. The summed E-state index contributed by atoms with van der Waals surface area (Å²) in [6.45, 7) is 0. The average molecular weight is 229 g/mol. The molecule has 0 rings (SSSR count). The zero-order valence-corrected chi connectivity index (χ0v) is 9.58. The summed E-state index contributed by atoms with van der Waals surface area (Å²) >= 11 is 0. The topological polar surface area (TPSA) is 60.7 Å². The van der Waals surface area contributed by atoms with Crippen molar-refractivity contribution in [3.05, 3.63) is 0 Å². The maximum absolute atomic E-state index is 7.17. The van der Waals surface area contributed by atoms with Gasteiger partial charge in [-0.1, -0.05) is 0 Å². The molecule has 0 fully saturated rings. The summed E-state index contributed by atoms with van der Waals surface area (Å²) in [4.78, 5) is 0. The Morgan fingerprint density at radius 2 is 1.17 bits per heavy atom. The van der Waals surface area contributed by atoms with Crippen molar-refractivity contribution in [2.45, 2.75) is 0 Å². The van der Waals surface area contributed by atoms with Crippen molar-refractivity contribution in [3.63, 3.8) is 0 Å². The molecule has 0 aromatic carbocycles. The number of rotatable bonds is 0. The van der Waals surface area contributed by atoms with Gasteiger partial charge in [0.25, 0.3) is 0 Å². The van der Waals surface area contributed by atoms with E-state index in [0.717, 1.165) is 0 Å². The molecule has 0 spiro atoms. The summed E-state index contributed by atoms with van der Waals surface area (Å²) in [5, 5.41) is 21.5. The molecule has 3 nitrogen and oxygen atoms in total. The first-order valence-electron chi connectivity index (χ1n) is 0.775. The standard InChI is InChI=1S/BH3O3.Ca.Sb.5H/c2-1(3)4;;;;;;;/h2-4H;;;;;;;/q;+2;;;;;2*-1. The van der Waals surface area contributed by atoms with Crippen molar-refractivity contribution in [2.24, 2.45) is 0 Å². The Labute approximate surface area is 86.3 Å². The van der Waals surface area contributed by atoms with E-state index in [1.807, 2.05) is 0 Å². The molecule has 0 aromatic heterocycles. The molecular formula is H8BCaO3Sb. The van der Waals surface area contributed by atoms with Gasteiger partial charge >= 0.3 is 69.5 Å². The monoisotopic (exact) mass is 228 g/mol. The second-order valence-electron chi connectivity index (χ2n) is 0.346. The van der Waals surface area contributed by atoms with Crippen LogP contribution < -0.4 is 0 Å². The first-order valence-corrected chi connectivity index (χ1v) is 0.775. The molecule has 0 radical (unpaired) electrons. The minimum atomic E-state index is -2.17. The molecular weight excluding hydrogens is 221 g/mol. The van der Waals surface area contributed by atoms with Crippen LogP contribution in [0.15, 0.2) is 0 Å².